The van der Waals surface area contributed by atoms with Crippen LogP contribution >= 0.6 is 22.7 Å². The summed E-state index contributed by atoms with van der Waals surface area (Å²) < 4.78 is 4.85. The molecule has 0 saturated carbocycles. The molecule has 0 bridgehead atoms. The van der Waals surface area contributed by atoms with Gasteiger partial charge in [-0.1, -0.05) is 0 Å². The smallest absolute Gasteiger partial charge is 0.296 e. The van der Waals surface area contributed by atoms with Gasteiger partial charge >= 0.3 is 0 Å². The number of rotatable bonds is 2. The van der Waals surface area contributed by atoms with E-state index in [0.29, 0.717) is 10.5 Å². The summed E-state index contributed by atoms with van der Waals surface area (Å²) in [5.74, 6) is 0. The molecule has 0 aliphatic heterocycles. The van der Waals surface area contributed by atoms with Crippen LogP contribution in [-0.4, -0.2) is 22.6 Å². The monoisotopic (exact) mass is 202 g/mol. The van der Waals surface area contributed by atoms with Gasteiger partial charge in [-0.3, -0.25) is 0 Å². The molecule has 0 aromatic carbocycles. The summed E-state index contributed by atoms with van der Waals surface area (Å²) in [6.07, 6.45) is 0. The summed E-state index contributed by atoms with van der Waals surface area (Å²) in [6, 6.07) is 0. The molecule has 0 aromatic heterocycles. The third kappa shape index (κ3) is 2.59. The molecule has 56 valence electrons. The van der Waals surface area contributed by atoms with Crippen LogP contribution in [0.4, 0.5) is 0 Å². The topological polar surface area (TPSA) is 9.23 Å². The van der Waals surface area contributed by atoms with E-state index in [2.05, 4.69) is 0 Å². The van der Waals surface area contributed by atoms with Gasteiger partial charge in [0.05, 0.1) is 4.50 Å². The second-order valence-corrected chi connectivity index (χ2v) is 10.7. The highest BCUT2D eigenvalue weighted by Crippen LogP contribution is 2.30. The highest BCUT2D eigenvalue weighted by molar-refractivity contribution is 7.21. The Kier molecular flexibility index (Phi) is 3.24. The minimum atomic E-state index is -2.08. The molecule has 0 N–H and O–H groups in total. The first-order valence-corrected chi connectivity index (χ1v) is 7.35. The molecule has 0 saturated heterocycles. The summed E-state index contributed by atoms with van der Waals surface area (Å²) >= 11 is 12.0. The van der Waals surface area contributed by atoms with E-state index in [0.717, 1.165) is 0 Å². The lowest BCUT2D eigenvalue weighted by molar-refractivity contribution is 0.596. The Morgan fingerprint density at radius 1 is 1.56 bits per heavy atom. The lowest BCUT2D eigenvalue weighted by Gasteiger charge is -2.29. The van der Waals surface area contributed by atoms with Crippen LogP contribution in [-0.2, 0) is 4.12 Å². The lowest BCUT2D eigenvalue weighted by Crippen LogP contribution is -2.46. The van der Waals surface area contributed by atoms with Crippen molar-refractivity contribution in [2.75, 3.05) is 0 Å². The molecule has 0 aliphatic carbocycles. The van der Waals surface area contributed by atoms with Crippen LogP contribution in [0.2, 0.25) is 6.55 Å². The van der Waals surface area contributed by atoms with Gasteiger partial charge in [0.15, 0.2) is 0 Å². The van der Waals surface area contributed by atoms with Crippen molar-refractivity contribution in [3.63, 3.8) is 0 Å². The molecule has 0 amide bonds. The SMILES string of the molecule is CC(C)(Cl)[Si](C)(Cl)O[SiH3]. The van der Waals surface area contributed by atoms with Gasteiger partial charge in [-0.2, -0.15) is 0 Å². The van der Waals surface area contributed by atoms with Crippen LogP contribution in [0.25, 0.3) is 0 Å². The number of hydrogen-bond donors (Lipinski definition) is 0. The number of alkyl halides is 1. The van der Waals surface area contributed by atoms with Crippen molar-refractivity contribution >= 4 is 40.8 Å². The van der Waals surface area contributed by atoms with Crippen molar-refractivity contribution in [2.24, 2.45) is 0 Å². The molecule has 0 fully saturated rings. The number of hydrogen-bond acceptors (Lipinski definition) is 1. The van der Waals surface area contributed by atoms with E-state index in [1.54, 1.807) is 0 Å². The Morgan fingerprint density at radius 3 is 1.89 bits per heavy atom. The molecule has 0 radical (unpaired) electrons. The molecule has 0 aliphatic rings. The third-order valence-corrected chi connectivity index (χ3v) is 10.8. The highest BCUT2D eigenvalue weighted by Gasteiger charge is 2.41. The maximum absolute atomic E-state index is 6.02. The van der Waals surface area contributed by atoms with Crippen molar-refractivity contribution < 1.29 is 4.12 Å². The van der Waals surface area contributed by atoms with Gasteiger partial charge in [0.2, 0.25) is 0 Å². The molecule has 1 nitrogen and oxygen atoms in total. The average molecular weight is 203 g/mol. The fourth-order valence-electron chi connectivity index (χ4n) is 0.243. The first-order valence-electron chi connectivity index (χ1n) is 2.74. The molecular weight excluding hydrogens is 191 g/mol. The van der Waals surface area contributed by atoms with E-state index in [1.807, 2.05) is 20.4 Å². The van der Waals surface area contributed by atoms with Crippen molar-refractivity contribution in [3.8, 4) is 0 Å². The van der Waals surface area contributed by atoms with Crippen LogP contribution in [0.5, 0.6) is 0 Å². The predicted octanol–water partition coefficient (Wildman–Crippen LogP) is 1.15. The van der Waals surface area contributed by atoms with E-state index in [-0.39, 0.29) is 4.50 Å². The van der Waals surface area contributed by atoms with Crippen LogP contribution in [0.15, 0.2) is 0 Å². The minimum absolute atomic E-state index is 0.365. The zero-order valence-electron chi connectivity index (χ0n) is 6.16. The largest absolute Gasteiger partial charge is 0.452 e. The Hall–Kier alpha value is 0.974. The van der Waals surface area contributed by atoms with Gasteiger partial charge < -0.3 is 4.12 Å². The first kappa shape index (κ1) is 9.97. The van der Waals surface area contributed by atoms with E-state index in [4.69, 9.17) is 26.8 Å². The third-order valence-electron chi connectivity index (χ3n) is 1.45. The molecule has 0 rings (SSSR count). The van der Waals surface area contributed by atoms with E-state index in [9.17, 15) is 0 Å². The van der Waals surface area contributed by atoms with Crippen molar-refractivity contribution in [2.45, 2.75) is 24.9 Å². The van der Waals surface area contributed by atoms with Gasteiger partial charge in [0.1, 0.15) is 10.5 Å². The Bertz CT molecular complexity index is 99.2. The second kappa shape index (κ2) is 2.92. The van der Waals surface area contributed by atoms with E-state index < -0.39 is 7.63 Å². The van der Waals surface area contributed by atoms with Crippen molar-refractivity contribution in [3.05, 3.63) is 0 Å². The highest BCUT2D eigenvalue weighted by atomic mass is 35.6. The summed E-state index contributed by atoms with van der Waals surface area (Å²) in [5, 5.41) is 0. The van der Waals surface area contributed by atoms with Gasteiger partial charge in [-0.15, -0.1) is 22.7 Å². The predicted molar refractivity (Wildman–Crippen MR) is 48.4 cm³/mol. The summed E-state index contributed by atoms with van der Waals surface area (Å²) in [6.45, 7) is 5.70. The minimum Gasteiger partial charge on any atom is -0.452 e. The van der Waals surface area contributed by atoms with Crippen LogP contribution in [0.1, 0.15) is 13.8 Å². The average Bonchev–Trinajstić information content (AvgIpc) is 1.64. The molecule has 0 spiro atoms. The van der Waals surface area contributed by atoms with Crippen LogP contribution in [0.3, 0.4) is 0 Å². The number of halogens is 2. The van der Waals surface area contributed by atoms with Gasteiger partial charge in [-0.25, -0.2) is 0 Å². The van der Waals surface area contributed by atoms with Crippen molar-refractivity contribution in [1.29, 1.82) is 0 Å². The zero-order chi connectivity index (χ0) is 7.71. The summed E-state index contributed by atoms with van der Waals surface area (Å²) in [5.41, 5.74) is 0. The van der Waals surface area contributed by atoms with Gasteiger partial charge in [0.25, 0.3) is 7.63 Å². The molecule has 5 heteroatoms. The molecule has 9 heavy (non-hydrogen) atoms. The second-order valence-electron chi connectivity index (χ2n) is 2.59. The fourth-order valence-corrected chi connectivity index (χ4v) is 2.88. The Morgan fingerprint density at radius 2 is 1.89 bits per heavy atom. The molecule has 0 aromatic rings. The Balaban J connectivity index is 4.14. The van der Waals surface area contributed by atoms with Crippen LogP contribution < -0.4 is 0 Å². The Labute approximate surface area is 70.1 Å². The maximum Gasteiger partial charge on any atom is 0.296 e. The van der Waals surface area contributed by atoms with Crippen LogP contribution in [0, 0.1) is 0 Å². The zero-order valence-corrected chi connectivity index (χ0v) is 10.7. The normalized spacial score (nSPS) is 19.7. The first-order chi connectivity index (χ1) is 3.81. The van der Waals surface area contributed by atoms with E-state index in [1.165, 1.54) is 0 Å². The lowest BCUT2D eigenvalue weighted by atomic mass is 10.5. The maximum atomic E-state index is 6.02. The fraction of sp³-hybridized carbons (Fsp3) is 1.00. The molecular formula is C4H12Cl2OSi2. The summed E-state index contributed by atoms with van der Waals surface area (Å²) in [7, 11) is -1.41. The molecule has 0 heterocycles. The summed E-state index contributed by atoms with van der Waals surface area (Å²) in [4.78, 5) is 0. The standard InChI is InChI=1S/C4H12Cl2OSi2/c1-4(2,5)9(3,6)7-8/h1-3,8H3. The quantitative estimate of drug-likeness (QED) is 0.371. The van der Waals surface area contributed by atoms with Crippen molar-refractivity contribution in [1.82, 2.24) is 0 Å². The van der Waals surface area contributed by atoms with Gasteiger partial charge in [-0.05, 0) is 20.4 Å². The van der Waals surface area contributed by atoms with E-state index >= 15 is 0 Å². The molecule has 1 unspecified atom stereocenters. The molecule has 1 atom stereocenters. The van der Waals surface area contributed by atoms with Gasteiger partial charge in [0, 0.05) is 0 Å².